The zero-order valence-electron chi connectivity index (χ0n) is 10.0. The first-order chi connectivity index (χ1) is 8.77. The minimum atomic E-state index is -4.14. The maximum Gasteiger partial charge on any atom is 0.261 e. The number of carbonyl (C=O) groups excluding carboxylic acids is 1. The van der Waals surface area contributed by atoms with E-state index >= 15 is 0 Å². The second-order valence-corrected chi connectivity index (χ2v) is 6.35. The van der Waals surface area contributed by atoms with Crippen LogP contribution in [0.25, 0.3) is 0 Å². The van der Waals surface area contributed by atoms with E-state index in [4.69, 9.17) is 10.7 Å². The zero-order chi connectivity index (χ0) is 14.6. The molecule has 0 aliphatic heterocycles. The van der Waals surface area contributed by atoms with Gasteiger partial charge in [0.25, 0.3) is 15.0 Å². The number of hydrogen-bond donors (Lipinski definition) is 1. The number of halogens is 3. The Morgan fingerprint density at radius 2 is 2.05 bits per heavy atom. The van der Waals surface area contributed by atoms with Crippen molar-refractivity contribution in [1.29, 1.82) is 0 Å². The van der Waals surface area contributed by atoms with Crippen molar-refractivity contribution < 1.29 is 22.0 Å². The molecule has 106 valence electrons. The number of hydrogen-bond acceptors (Lipinski definition) is 3. The summed E-state index contributed by atoms with van der Waals surface area (Å²) in [6, 6.07) is 1.90. The van der Waals surface area contributed by atoms with Crippen LogP contribution in [0.15, 0.2) is 17.0 Å². The molecule has 0 saturated carbocycles. The van der Waals surface area contributed by atoms with Crippen LogP contribution in [0.2, 0.25) is 0 Å². The van der Waals surface area contributed by atoms with E-state index in [0.717, 1.165) is 12.1 Å². The standard InChI is InChI=1S/C11H12ClF2NO3S/c1-7-9(14)5-8(6-10(7)19(12,17)18)11(16)15-4-2-3-13/h5-6H,2-4H2,1H3,(H,15,16). The largest absolute Gasteiger partial charge is 0.352 e. The predicted octanol–water partition coefficient (Wildman–Crippen LogP) is 2.15. The molecule has 0 atom stereocenters. The summed E-state index contributed by atoms with van der Waals surface area (Å²) in [6.07, 6.45) is 0.126. The minimum absolute atomic E-state index is 0.0772. The molecule has 8 heteroatoms. The van der Waals surface area contributed by atoms with E-state index in [0.29, 0.717) is 0 Å². The van der Waals surface area contributed by atoms with Crippen molar-refractivity contribution in [3.05, 3.63) is 29.1 Å². The van der Waals surface area contributed by atoms with Gasteiger partial charge in [-0.05, 0) is 25.5 Å². The van der Waals surface area contributed by atoms with Gasteiger partial charge in [0.05, 0.1) is 11.6 Å². The third-order valence-corrected chi connectivity index (χ3v) is 3.87. The van der Waals surface area contributed by atoms with Crippen molar-refractivity contribution in [2.75, 3.05) is 13.2 Å². The molecule has 0 spiro atoms. The fourth-order valence-corrected chi connectivity index (χ4v) is 2.62. The molecule has 0 fully saturated rings. The summed E-state index contributed by atoms with van der Waals surface area (Å²) in [6.45, 7) is 0.729. The highest BCUT2D eigenvalue weighted by Gasteiger charge is 2.20. The van der Waals surface area contributed by atoms with E-state index < -0.39 is 32.3 Å². The lowest BCUT2D eigenvalue weighted by Gasteiger charge is -2.08. The van der Waals surface area contributed by atoms with Crippen molar-refractivity contribution in [3.8, 4) is 0 Å². The molecule has 0 saturated heterocycles. The number of amides is 1. The van der Waals surface area contributed by atoms with Gasteiger partial charge in [-0.3, -0.25) is 9.18 Å². The second kappa shape index (κ2) is 6.29. The van der Waals surface area contributed by atoms with Crippen molar-refractivity contribution >= 4 is 25.6 Å². The first-order valence-electron chi connectivity index (χ1n) is 5.36. The van der Waals surface area contributed by atoms with Crippen molar-refractivity contribution in [1.82, 2.24) is 5.32 Å². The van der Waals surface area contributed by atoms with Gasteiger partial charge in [0, 0.05) is 28.4 Å². The van der Waals surface area contributed by atoms with Crippen LogP contribution in [-0.4, -0.2) is 27.5 Å². The molecule has 1 aromatic carbocycles. The van der Waals surface area contributed by atoms with Gasteiger partial charge >= 0.3 is 0 Å². The Labute approximate surface area is 114 Å². The van der Waals surface area contributed by atoms with Crippen LogP contribution in [-0.2, 0) is 9.05 Å². The summed E-state index contributed by atoms with van der Waals surface area (Å²) < 4.78 is 47.9. The van der Waals surface area contributed by atoms with Crippen LogP contribution in [0.3, 0.4) is 0 Å². The van der Waals surface area contributed by atoms with Gasteiger partial charge in [-0.25, -0.2) is 12.8 Å². The first-order valence-corrected chi connectivity index (χ1v) is 7.67. The fraction of sp³-hybridized carbons (Fsp3) is 0.364. The molecule has 1 aromatic rings. The smallest absolute Gasteiger partial charge is 0.261 e. The van der Waals surface area contributed by atoms with Crippen LogP contribution in [0.1, 0.15) is 22.3 Å². The van der Waals surface area contributed by atoms with Gasteiger partial charge in [0.15, 0.2) is 0 Å². The Morgan fingerprint density at radius 3 is 2.58 bits per heavy atom. The van der Waals surface area contributed by atoms with Gasteiger partial charge in [-0.15, -0.1) is 0 Å². The van der Waals surface area contributed by atoms with Gasteiger partial charge in [-0.2, -0.15) is 0 Å². The number of benzene rings is 1. The molecule has 0 aromatic heterocycles. The van der Waals surface area contributed by atoms with E-state index in [1.807, 2.05) is 0 Å². The van der Waals surface area contributed by atoms with Crippen molar-refractivity contribution in [2.45, 2.75) is 18.2 Å². The van der Waals surface area contributed by atoms with Gasteiger partial charge in [0.1, 0.15) is 5.82 Å². The molecule has 1 amide bonds. The molecule has 0 aliphatic carbocycles. The Kier molecular flexibility index (Phi) is 5.25. The quantitative estimate of drug-likeness (QED) is 0.669. The topological polar surface area (TPSA) is 63.2 Å². The monoisotopic (exact) mass is 311 g/mol. The lowest BCUT2D eigenvalue weighted by atomic mass is 10.1. The third-order valence-electron chi connectivity index (χ3n) is 2.42. The van der Waals surface area contributed by atoms with Crippen LogP contribution < -0.4 is 5.32 Å². The molecule has 0 heterocycles. The Bertz CT molecular complexity index is 590. The van der Waals surface area contributed by atoms with Crippen LogP contribution in [0, 0.1) is 12.7 Å². The summed E-state index contributed by atoms with van der Waals surface area (Å²) in [5, 5.41) is 2.34. The number of rotatable bonds is 5. The SMILES string of the molecule is Cc1c(F)cc(C(=O)NCCCF)cc1S(=O)(=O)Cl. The van der Waals surface area contributed by atoms with E-state index in [2.05, 4.69) is 5.32 Å². The molecular formula is C11H12ClF2NO3S. The van der Waals surface area contributed by atoms with Gasteiger partial charge in [0.2, 0.25) is 0 Å². The normalized spacial score (nSPS) is 11.4. The Morgan fingerprint density at radius 1 is 1.42 bits per heavy atom. The molecule has 4 nitrogen and oxygen atoms in total. The van der Waals surface area contributed by atoms with E-state index in [1.165, 1.54) is 6.92 Å². The van der Waals surface area contributed by atoms with Crippen LogP contribution in [0.5, 0.6) is 0 Å². The average Bonchev–Trinajstić information content (AvgIpc) is 2.31. The summed E-state index contributed by atoms with van der Waals surface area (Å²) in [5.41, 5.74) is -0.337. The molecule has 0 radical (unpaired) electrons. The van der Waals surface area contributed by atoms with E-state index in [-0.39, 0.29) is 24.1 Å². The molecule has 0 bridgehead atoms. The highest BCUT2D eigenvalue weighted by molar-refractivity contribution is 8.13. The average molecular weight is 312 g/mol. The van der Waals surface area contributed by atoms with E-state index in [9.17, 15) is 22.0 Å². The minimum Gasteiger partial charge on any atom is -0.352 e. The summed E-state index contributed by atoms with van der Waals surface area (Å²) in [7, 11) is 1.02. The van der Waals surface area contributed by atoms with Gasteiger partial charge in [-0.1, -0.05) is 0 Å². The summed E-state index contributed by atoms with van der Waals surface area (Å²) in [4.78, 5) is 11.2. The lowest BCUT2D eigenvalue weighted by molar-refractivity contribution is 0.0952. The molecule has 0 unspecified atom stereocenters. The highest BCUT2D eigenvalue weighted by Crippen LogP contribution is 2.23. The maximum atomic E-state index is 13.6. The third kappa shape index (κ3) is 4.14. The van der Waals surface area contributed by atoms with E-state index in [1.54, 1.807) is 0 Å². The molecule has 19 heavy (non-hydrogen) atoms. The molecule has 0 aliphatic rings. The van der Waals surface area contributed by atoms with Crippen molar-refractivity contribution in [2.24, 2.45) is 0 Å². The second-order valence-electron chi connectivity index (χ2n) is 3.82. The fourth-order valence-electron chi connectivity index (χ4n) is 1.41. The number of nitrogens with one attached hydrogen (secondary N) is 1. The van der Waals surface area contributed by atoms with Crippen LogP contribution >= 0.6 is 10.7 Å². The number of carbonyl (C=O) groups is 1. The zero-order valence-corrected chi connectivity index (χ0v) is 11.6. The molecular weight excluding hydrogens is 300 g/mol. The number of alkyl halides is 1. The summed E-state index contributed by atoms with van der Waals surface area (Å²) >= 11 is 0. The predicted molar refractivity (Wildman–Crippen MR) is 67.1 cm³/mol. The Hall–Kier alpha value is -1.21. The maximum absolute atomic E-state index is 13.6. The molecule has 1 N–H and O–H groups in total. The lowest BCUT2D eigenvalue weighted by Crippen LogP contribution is -2.25. The summed E-state index contributed by atoms with van der Waals surface area (Å²) in [5.74, 6) is -1.54. The highest BCUT2D eigenvalue weighted by atomic mass is 35.7. The van der Waals surface area contributed by atoms with Crippen LogP contribution in [0.4, 0.5) is 8.78 Å². The van der Waals surface area contributed by atoms with Gasteiger partial charge < -0.3 is 5.32 Å². The first kappa shape index (κ1) is 15.8. The van der Waals surface area contributed by atoms with Crippen molar-refractivity contribution in [3.63, 3.8) is 0 Å². The molecule has 1 rings (SSSR count). The Balaban J connectivity index is 3.11.